The van der Waals surface area contributed by atoms with Gasteiger partial charge in [0.2, 0.25) is 0 Å². The van der Waals surface area contributed by atoms with Gasteiger partial charge in [0.15, 0.2) is 0 Å². The molecule has 1 N–H and O–H groups in total. The molecule has 0 spiro atoms. The molecule has 6 heteroatoms. The normalized spacial score (nSPS) is 9.59. The maximum absolute atomic E-state index is 10.6. The van der Waals surface area contributed by atoms with Gasteiger partial charge < -0.3 is 19.5 Å². The number of carboxylic acid groups (broad SMARTS) is 1. The van der Waals surface area contributed by atoms with Crippen molar-refractivity contribution in [2.45, 2.75) is 0 Å². The lowest BCUT2D eigenvalue weighted by Gasteiger charge is -2.12. The molecule has 4 nitrogen and oxygen atoms in total. The van der Waals surface area contributed by atoms with Crippen LogP contribution in [-0.2, 0) is 0 Å². The standard InChI is InChI=1S/C8H6Cl2O3.C3H9N/c1-13-7-5(10)3-2-4(9)6(7)8(11)12;1-4(2)3/h2-3H,1H3,(H,11,12);1-3H3. The smallest absolute Gasteiger partial charge is 0.147 e. The molecule has 1 aromatic carbocycles. The van der Waals surface area contributed by atoms with Crippen LogP contribution in [0.15, 0.2) is 12.1 Å². The van der Waals surface area contributed by atoms with Gasteiger partial charge in [-0.1, -0.05) is 23.2 Å². The molecular weight excluding hydrogens is 265 g/mol. The lowest BCUT2D eigenvalue weighted by molar-refractivity contribution is -0.836. The van der Waals surface area contributed by atoms with Crippen molar-refractivity contribution in [2.24, 2.45) is 0 Å². The van der Waals surface area contributed by atoms with Gasteiger partial charge in [0.05, 0.1) is 49.8 Å². The predicted octanol–water partition coefficient (Wildman–Crippen LogP) is 0.126. The Balaban J connectivity index is 0.000000557. The number of quaternary nitrogens is 1. The summed E-state index contributed by atoms with van der Waals surface area (Å²) in [4.78, 5) is 12.0. The number of methoxy groups -OCH3 is 1. The van der Waals surface area contributed by atoms with E-state index in [4.69, 9.17) is 27.9 Å². The predicted molar refractivity (Wildman–Crippen MR) is 66.1 cm³/mol. The van der Waals surface area contributed by atoms with E-state index in [2.05, 4.69) is 21.1 Å². The lowest BCUT2D eigenvalue weighted by atomic mass is 10.2. The Bertz CT molecular complexity index is 392. The molecule has 17 heavy (non-hydrogen) atoms. The van der Waals surface area contributed by atoms with Crippen LogP contribution in [0.3, 0.4) is 0 Å². The van der Waals surface area contributed by atoms with Crippen LogP contribution in [0.2, 0.25) is 10.0 Å². The Hall–Kier alpha value is -0.970. The van der Waals surface area contributed by atoms with Crippen LogP contribution in [0.4, 0.5) is 0 Å². The number of hydrogen-bond acceptors (Lipinski definition) is 3. The quantitative estimate of drug-likeness (QED) is 0.837. The van der Waals surface area contributed by atoms with Gasteiger partial charge in [0, 0.05) is 0 Å². The Morgan fingerprint density at radius 3 is 1.94 bits per heavy atom. The molecule has 0 atom stereocenters. The maximum atomic E-state index is 10.6. The van der Waals surface area contributed by atoms with Crippen LogP contribution in [0.25, 0.3) is 0 Å². The Morgan fingerprint density at radius 2 is 1.65 bits per heavy atom. The number of rotatable bonds is 2. The van der Waals surface area contributed by atoms with E-state index < -0.39 is 5.97 Å². The SMILES string of the molecule is COc1c(Cl)ccc(Cl)c1C(=O)[O-].C[NH+](C)C. The van der Waals surface area contributed by atoms with Crippen LogP contribution in [-0.4, -0.2) is 34.2 Å². The molecule has 0 bridgehead atoms. The van der Waals surface area contributed by atoms with E-state index in [9.17, 15) is 9.90 Å². The van der Waals surface area contributed by atoms with E-state index in [-0.39, 0.29) is 21.4 Å². The highest BCUT2D eigenvalue weighted by molar-refractivity contribution is 6.36. The van der Waals surface area contributed by atoms with Crippen molar-refractivity contribution >= 4 is 29.2 Å². The Labute approximate surface area is 111 Å². The van der Waals surface area contributed by atoms with Crippen LogP contribution < -0.4 is 14.7 Å². The molecule has 0 unspecified atom stereocenters. The molecule has 0 aliphatic rings. The number of benzene rings is 1. The molecule has 0 aliphatic heterocycles. The second-order valence-electron chi connectivity index (χ2n) is 3.72. The number of hydrogen-bond donors (Lipinski definition) is 1. The van der Waals surface area contributed by atoms with Gasteiger partial charge in [-0.05, 0) is 12.1 Å². The molecule has 0 aromatic heterocycles. The Kier molecular flexibility index (Phi) is 6.95. The van der Waals surface area contributed by atoms with Gasteiger partial charge in [-0.3, -0.25) is 0 Å². The van der Waals surface area contributed by atoms with Crippen LogP contribution in [0.5, 0.6) is 5.75 Å². The van der Waals surface area contributed by atoms with E-state index in [0.717, 1.165) is 0 Å². The molecule has 0 radical (unpaired) electrons. The fourth-order valence-corrected chi connectivity index (χ4v) is 1.38. The van der Waals surface area contributed by atoms with Crippen molar-refractivity contribution in [1.82, 2.24) is 0 Å². The van der Waals surface area contributed by atoms with Crippen molar-refractivity contribution in [3.05, 3.63) is 27.7 Å². The lowest BCUT2D eigenvalue weighted by Crippen LogP contribution is -3.02. The summed E-state index contributed by atoms with van der Waals surface area (Å²) in [6.45, 7) is 0. The molecule has 1 rings (SSSR count). The van der Waals surface area contributed by atoms with Crippen LogP contribution in [0.1, 0.15) is 10.4 Å². The summed E-state index contributed by atoms with van der Waals surface area (Å²) in [5.74, 6) is -1.39. The average molecular weight is 280 g/mol. The zero-order valence-electron chi connectivity index (χ0n) is 10.1. The highest BCUT2D eigenvalue weighted by Crippen LogP contribution is 2.33. The molecule has 0 heterocycles. The second kappa shape index (κ2) is 7.37. The summed E-state index contributed by atoms with van der Waals surface area (Å²) in [5.41, 5.74) is -0.225. The van der Waals surface area contributed by atoms with Gasteiger partial charge >= 0.3 is 0 Å². The van der Waals surface area contributed by atoms with Crippen molar-refractivity contribution in [3.63, 3.8) is 0 Å². The summed E-state index contributed by atoms with van der Waals surface area (Å²) in [5, 5.41) is 10.8. The molecule has 0 amide bonds. The van der Waals surface area contributed by atoms with Gasteiger partial charge in [-0.15, -0.1) is 0 Å². The summed E-state index contributed by atoms with van der Waals surface area (Å²) in [6.07, 6.45) is 0. The topological polar surface area (TPSA) is 53.8 Å². The number of ether oxygens (including phenoxy) is 1. The largest absolute Gasteiger partial charge is 0.545 e. The molecule has 1 aromatic rings. The monoisotopic (exact) mass is 279 g/mol. The van der Waals surface area contributed by atoms with E-state index in [1.165, 1.54) is 24.1 Å². The highest BCUT2D eigenvalue weighted by Gasteiger charge is 2.12. The number of halogens is 2. The summed E-state index contributed by atoms with van der Waals surface area (Å²) >= 11 is 11.3. The van der Waals surface area contributed by atoms with Crippen LogP contribution in [0, 0.1) is 0 Å². The first-order chi connectivity index (χ1) is 7.81. The van der Waals surface area contributed by atoms with Crippen molar-refractivity contribution in [1.29, 1.82) is 0 Å². The summed E-state index contributed by atoms with van der Waals surface area (Å²) < 4.78 is 4.78. The van der Waals surface area contributed by atoms with Crippen LogP contribution >= 0.6 is 23.2 Å². The van der Waals surface area contributed by atoms with E-state index in [0.29, 0.717) is 0 Å². The number of nitrogens with one attached hydrogen (secondary N) is 1. The summed E-state index contributed by atoms with van der Waals surface area (Å²) in [7, 11) is 7.56. The fraction of sp³-hybridized carbons (Fsp3) is 0.364. The highest BCUT2D eigenvalue weighted by atomic mass is 35.5. The van der Waals surface area contributed by atoms with E-state index >= 15 is 0 Å². The van der Waals surface area contributed by atoms with Crippen molar-refractivity contribution < 1.29 is 19.5 Å². The minimum absolute atomic E-state index is 0.0224. The van der Waals surface area contributed by atoms with Crippen molar-refractivity contribution in [3.8, 4) is 5.75 Å². The Morgan fingerprint density at radius 1 is 1.24 bits per heavy atom. The van der Waals surface area contributed by atoms with Crippen molar-refractivity contribution in [2.75, 3.05) is 28.3 Å². The third-order valence-electron chi connectivity index (χ3n) is 1.47. The first-order valence-corrected chi connectivity index (χ1v) is 5.57. The minimum atomic E-state index is -1.41. The third-order valence-corrected chi connectivity index (χ3v) is 2.08. The zero-order chi connectivity index (χ0) is 13.6. The third kappa shape index (κ3) is 5.26. The summed E-state index contributed by atoms with van der Waals surface area (Å²) in [6, 6.07) is 2.83. The average Bonchev–Trinajstić information content (AvgIpc) is 2.19. The first kappa shape index (κ1) is 16.0. The number of aromatic carboxylic acids is 1. The molecular formula is C11H15Cl2NO3. The minimum Gasteiger partial charge on any atom is -0.545 e. The van der Waals surface area contributed by atoms with Gasteiger partial charge in [-0.25, -0.2) is 0 Å². The van der Waals surface area contributed by atoms with Gasteiger partial charge in [0.25, 0.3) is 0 Å². The molecule has 0 aliphatic carbocycles. The first-order valence-electron chi connectivity index (χ1n) is 4.81. The van der Waals surface area contributed by atoms with Gasteiger partial charge in [-0.2, -0.15) is 0 Å². The van der Waals surface area contributed by atoms with E-state index in [1.54, 1.807) is 0 Å². The maximum Gasteiger partial charge on any atom is 0.147 e. The number of carbonyl (C=O) groups excluding carboxylic acids is 1. The molecule has 96 valence electrons. The van der Waals surface area contributed by atoms with E-state index in [1.807, 2.05) is 0 Å². The molecule has 0 fully saturated rings. The second-order valence-corrected chi connectivity index (χ2v) is 4.54. The fourth-order valence-electron chi connectivity index (χ4n) is 0.923. The molecule has 0 saturated carbocycles. The zero-order valence-corrected chi connectivity index (χ0v) is 11.6. The van der Waals surface area contributed by atoms with Gasteiger partial charge in [0.1, 0.15) is 5.75 Å². The number of carboxylic acids is 1. The molecule has 0 saturated heterocycles. The number of carbonyl (C=O) groups is 1.